The van der Waals surface area contributed by atoms with E-state index in [9.17, 15) is 18.0 Å². The van der Waals surface area contributed by atoms with Crippen LogP contribution in [0, 0.1) is 0 Å². The summed E-state index contributed by atoms with van der Waals surface area (Å²) in [5, 5.41) is 0.728. The van der Waals surface area contributed by atoms with Crippen molar-refractivity contribution in [2.75, 3.05) is 5.73 Å². The van der Waals surface area contributed by atoms with Crippen molar-refractivity contribution in [3.8, 4) is 11.4 Å². The van der Waals surface area contributed by atoms with Gasteiger partial charge in [-0.3, -0.25) is 4.79 Å². The molecule has 0 aliphatic heterocycles. The monoisotopic (exact) mass is 441 g/mol. The van der Waals surface area contributed by atoms with Gasteiger partial charge in [0.1, 0.15) is 23.5 Å². The molecule has 4 N–H and O–H groups in total. The van der Waals surface area contributed by atoms with Crippen LogP contribution in [0.4, 0.5) is 19.0 Å². The second kappa shape index (κ2) is 8.22. The molecule has 0 aliphatic rings. The standard InChI is InChI=1S/C22H18F3N5O2/c23-22(24,25)32-16-3-1-2-14(11-16)18(20(27)31)10-13-4-6-15(7-5-13)30-9-8-17-19(26)28-12-29-21(17)30/h1-9,11-12,18H,10H2,(H2,27,31)(H2,26,28,29). The number of nitrogen functional groups attached to an aromatic ring is 1. The van der Waals surface area contributed by atoms with Gasteiger partial charge in [-0.15, -0.1) is 13.2 Å². The molecule has 0 fully saturated rings. The number of anilines is 1. The fourth-order valence-corrected chi connectivity index (χ4v) is 3.52. The zero-order valence-corrected chi connectivity index (χ0v) is 16.6. The van der Waals surface area contributed by atoms with Crippen LogP contribution in [0.1, 0.15) is 17.0 Å². The van der Waals surface area contributed by atoms with Crippen molar-refractivity contribution in [3.05, 3.63) is 78.2 Å². The largest absolute Gasteiger partial charge is 0.573 e. The second-order valence-corrected chi connectivity index (χ2v) is 7.13. The summed E-state index contributed by atoms with van der Waals surface area (Å²) in [7, 11) is 0. The fourth-order valence-electron chi connectivity index (χ4n) is 3.52. The topological polar surface area (TPSA) is 109 Å². The number of amides is 1. The van der Waals surface area contributed by atoms with Gasteiger partial charge in [0.05, 0.1) is 11.3 Å². The Morgan fingerprint density at radius 1 is 1.09 bits per heavy atom. The van der Waals surface area contributed by atoms with E-state index in [2.05, 4.69) is 14.7 Å². The molecule has 0 spiro atoms. The van der Waals surface area contributed by atoms with Gasteiger partial charge in [0.2, 0.25) is 5.91 Å². The zero-order valence-electron chi connectivity index (χ0n) is 16.6. The maximum Gasteiger partial charge on any atom is 0.573 e. The number of rotatable bonds is 6. The molecular formula is C22H18F3N5O2. The Morgan fingerprint density at radius 3 is 2.53 bits per heavy atom. The molecule has 1 atom stereocenters. The summed E-state index contributed by atoms with van der Waals surface area (Å²) in [6, 6.07) is 14.4. The van der Waals surface area contributed by atoms with E-state index in [1.54, 1.807) is 6.07 Å². The van der Waals surface area contributed by atoms with Gasteiger partial charge in [0.25, 0.3) is 0 Å². The average Bonchev–Trinajstić information content (AvgIpc) is 3.17. The van der Waals surface area contributed by atoms with E-state index in [1.807, 2.05) is 41.1 Å². The minimum atomic E-state index is -4.82. The van der Waals surface area contributed by atoms with Crippen molar-refractivity contribution in [2.45, 2.75) is 18.7 Å². The van der Waals surface area contributed by atoms with Crippen molar-refractivity contribution in [1.82, 2.24) is 14.5 Å². The Balaban J connectivity index is 1.58. The predicted octanol–water partition coefficient (Wildman–Crippen LogP) is 3.71. The minimum absolute atomic E-state index is 0.215. The Labute approximate surface area is 180 Å². The van der Waals surface area contributed by atoms with Gasteiger partial charge in [0, 0.05) is 11.9 Å². The maximum atomic E-state index is 12.5. The first-order chi connectivity index (χ1) is 15.2. The molecule has 0 aliphatic carbocycles. The normalized spacial score (nSPS) is 12.6. The SMILES string of the molecule is NC(=O)C(Cc1ccc(-n2ccc3c(N)ncnc32)cc1)c1cccc(OC(F)(F)F)c1. The summed E-state index contributed by atoms with van der Waals surface area (Å²) < 4.78 is 43.4. The van der Waals surface area contributed by atoms with Gasteiger partial charge in [-0.05, 0) is 47.9 Å². The lowest BCUT2D eigenvalue weighted by molar-refractivity contribution is -0.274. The first-order valence-corrected chi connectivity index (χ1v) is 9.53. The van der Waals surface area contributed by atoms with Crippen LogP contribution in [-0.4, -0.2) is 26.8 Å². The number of aromatic nitrogens is 3. The average molecular weight is 441 g/mol. The third kappa shape index (κ3) is 4.48. The number of nitrogens with two attached hydrogens (primary N) is 2. The number of primary amides is 1. The van der Waals surface area contributed by atoms with Crippen LogP contribution >= 0.6 is 0 Å². The number of benzene rings is 2. The van der Waals surface area contributed by atoms with Gasteiger partial charge >= 0.3 is 6.36 Å². The van der Waals surface area contributed by atoms with Gasteiger partial charge in [-0.25, -0.2) is 9.97 Å². The molecule has 0 saturated heterocycles. The molecule has 2 aromatic heterocycles. The molecule has 4 rings (SSSR count). The summed E-state index contributed by atoms with van der Waals surface area (Å²) in [5.41, 5.74) is 14.0. The van der Waals surface area contributed by atoms with Gasteiger partial charge in [0.15, 0.2) is 0 Å². The second-order valence-electron chi connectivity index (χ2n) is 7.13. The van der Waals surface area contributed by atoms with Crippen LogP contribution < -0.4 is 16.2 Å². The van der Waals surface area contributed by atoms with Crippen molar-refractivity contribution in [2.24, 2.45) is 5.73 Å². The lowest BCUT2D eigenvalue weighted by Crippen LogP contribution is -2.23. The maximum absolute atomic E-state index is 12.5. The van der Waals surface area contributed by atoms with E-state index in [0.717, 1.165) is 16.6 Å². The molecule has 0 saturated carbocycles. The number of carbonyl (C=O) groups excluding carboxylic acids is 1. The summed E-state index contributed by atoms with van der Waals surface area (Å²) >= 11 is 0. The Bertz CT molecular complexity index is 1270. The molecule has 32 heavy (non-hydrogen) atoms. The highest BCUT2D eigenvalue weighted by Crippen LogP contribution is 2.29. The van der Waals surface area contributed by atoms with Crippen molar-refractivity contribution >= 4 is 22.8 Å². The molecule has 1 unspecified atom stereocenters. The number of hydrogen-bond donors (Lipinski definition) is 2. The van der Waals surface area contributed by atoms with E-state index in [1.165, 1.54) is 24.5 Å². The first-order valence-electron chi connectivity index (χ1n) is 9.53. The van der Waals surface area contributed by atoms with Gasteiger partial charge in [-0.1, -0.05) is 24.3 Å². The smallest absolute Gasteiger partial charge is 0.406 e. The summed E-state index contributed by atoms with van der Waals surface area (Å²) in [4.78, 5) is 20.3. The van der Waals surface area contributed by atoms with Crippen LogP contribution in [0.25, 0.3) is 16.7 Å². The number of carbonyl (C=O) groups is 1. The van der Waals surface area contributed by atoms with Crippen molar-refractivity contribution in [3.63, 3.8) is 0 Å². The lowest BCUT2D eigenvalue weighted by Gasteiger charge is -2.16. The minimum Gasteiger partial charge on any atom is -0.406 e. The van der Waals surface area contributed by atoms with Gasteiger partial charge < -0.3 is 20.8 Å². The predicted molar refractivity (Wildman–Crippen MR) is 112 cm³/mol. The molecule has 10 heteroatoms. The van der Waals surface area contributed by atoms with E-state index < -0.39 is 23.9 Å². The Morgan fingerprint density at radius 2 is 1.84 bits per heavy atom. The Kier molecular flexibility index (Phi) is 5.43. The van der Waals surface area contributed by atoms with Gasteiger partial charge in [-0.2, -0.15) is 0 Å². The fraction of sp³-hybridized carbons (Fsp3) is 0.136. The van der Waals surface area contributed by atoms with E-state index >= 15 is 0 Å². The highest BCUT2D eigenvalue weighted by molar-refractivity contribution is 5.87. The molecule has 1 amide bonds. The number of ether oxygens (including phenoxy) is 1. The third-order valence-corrected chi connectivity index (χ3v) is 5.00. The highest BCUT2D eigenvalue weighted by Gasteiger charge is 2.31. The first kappa shape index (κ1) is 21.2. The number of nitrogens with zero attached hydrogens (tertiary/aromatic N) is 3. The number of fused-ring (bicyclic) bond motifs is 1. The van der Waals surface area contributed by atoms with Crippen LogP contribution in [0.5, 0.6) is 5.75 Å². The third-order valence-electron chi connectivity index (χ3n) is 5.00. The summed E-state index contributed by atoms with van der Waals surface area (Å²) in [6.45, 7) is 0. The Hall–Kier alpha value is -4.08. The lowest BCUT2D eigenvalue weighted by atomic mass is 9.91. The van der Waals surface area contributed by atoms with E-state index in [0.29, 0.717) is 17.0 Å². The molecule has 0 radical (unpaired) electrons. The van der Waals surface area contributed by atoms with Crippen LogP contribution in [0.3, 0.4) is 0 Å². The summed E-state index contributed by atoms with van der Waals surface area (Å²) in [5.74, 6) is -1.50. The summed E-state index contributed by atoms with van der Waals surface area (Å²) in [6.07, 6.45) is -1.40. The van der Waals surface area contributed by atoms with Crippen molar-refractivity contribution < 1.29 is 22.7 Å². The van der Waals surface area contributed by atoms with Crippen LogP contribution in [0.2, 0.25) is 0 Å². The number of hydrogen-bond acceptors (Lipinski definition) is 5. The number of alkyl halides is 3. The molecule has 164 valence electrons. The molecule has 0 bridgehead atoms. The molecule has 7 nitrogen and oxygen atoms in total. The molecule has 2 aromatic carbocycles. The van der Waals surface area contributed by atoms with Crippen molar-refractivity contribution in [1.29, 1.82) is 0 Å². The quantitative estimate of drug-likeness (QED) is 0.474. The zero-order chi connectivity index (χ0) is 22.9. The molecular weight excluding hydrogens is 423 g/mol. The number of halogens is 3. The van der Waals surface area contributed by atoms with Crippen LogP contribution in [0.15, 0.2) is 67.1 Å². The highest BCUT2D eigenvalue weighted by atomic mass is 19.4. The molecule has 4 aromatic rings. The van der Waals surface area contributed by atoms with E-state index in [-0.39, 0.29) is 6.42 Å². The van der Waals surface area contributed by atoms with Crippen LogP contribution in [-0.2, 0) is 11.2 Å². The van der Waals surface area contributed by atoms with E-state index in [4.69, 9.17) is 11.5 Å². The molecule has 2 heterocycles.